The van der Waals surface area contributed by atoms with Crippen molar-refractivity contribution < 1.29 is 18.5 Å². The molecular weight excluding hydrogens is 560 g/mol. The summed E-state index contributed by atoms with van der Waals surface area (Å²) in [4.78, 5) is 42.1. The van der Waals surface area contributed by atoms with Crippen molar-refractivity contribution in [1.29, 1.82) is 0 Å². The molecule has 1 N–H and O–H groups in total. The number of carbonyl (C=O) groups is 2. The second-order valence-electron chi connectivity index (χ2n) is 10.6. The number of β-lactam (4-membered cyclic amide) rings is 1. The lowest BCUT2D eigenvalue weighted by Crippen LogP contribution is -2.65. The van der Waals surface area contributed by atoms with Crippen molar-refractivity contribution in [3.63, 3.8) is 0 Å². The van der Waals surface area contributed by atoms with Crippen molar-refractivity contribution in [3.8, 4) is 0 Å². The molecule has 2 aromatic heterocycles. The molecule has 1 fully saturated rings. The summed E-state index contributed by atoms with van der Waals surface area (Å²) in [7, 11) is 3.08. The van der Waals surface area contributed by atoms with Gasteiger partial charge in [-0.25, -0.2) is 9.78 Å². The van der Waals surface area contributed by atoms with Crippen molar-refractivity contribution in [2.75, 3.05) is 6.54 Å². The van der Waals surface area contributed by atoms with Gasteiger partial charge in [0.1, 0.15) is 14.7 Å². The molecular formula is C27H39BN5O4PSSi. The average molecular weight is 600 g/mol. The Labute approximate surface area is 245 Å². The first-order valence-corrected chi connectivity index (χ1v) is 18.3. The fourth-order valence-electron chi connectivity index (χ4n) is 6.12. The van der Waals surface area contributed by atoms with Crippen LogP contribution in [0.1, 0.15) is 45.9 Å². The summed E-state index contributed by atoms with van der Waals surface area (Å²) in [5.74, 6) is -0.944. The van der Waals surface area contributed by atoms with Gasteiger partial charge in [-0.15, -0.1) is 11.3 Å². The monoisotopic (exact) mass is 599 g/mol. The zero-order chi connectivity index (χ0) is 28.9. The van der Waals surface area contributed by atoms with E-state index in [1.165, 1.54) is 0 Å². The Balaban J connectivity index is 1.64. The van der Waals surface area contributed by atoms with E-state index in [0.717, 1.165) is 35.0 Å². The molecule has 40 heavy (non-hydrogen) atoms. The summed E-state index contributed by atoms with van der Waals surface area (Å²) < 4.78 is 12.2. The molecule has 0 aliphatic carbocycles. The van der Waals surface area contributed by atoms with Crippen LogP contribution in [0.15, 0.2) is 46.7 Å². The third kappa shape index (κ3) is 6.42. The van der Waals surface area contributed by atoms with Gasteiger partial charge in [-0.2, -0.15) is 0 Å². The minimum absolute atomic E-state index is 0.0433. The number of rotatable bonds is 15. The van der Waals surface area contributed by atoms with E-state index in [-0.39, 0.29) is 29.9 Å². The number of carbonyl (C=O) groups excluding carboxylic acids is 2. The molecule has 2 radical (unpaired) electrons. The molecule has 2 aliphatic heterocycles. The maximum atomic E-state index is 13.7. The summed E-state index contributed by atoms with van der Waals surface area (Å²) >= 11 is 1.55. The predicted octanol–water partition coefficient (Wildman–Crippen LogP) is 4.41. The van der Waals surface area contributed by atoms with E-state index in [1.807, 2.05) is 36.1 Å². The van der Waals surface area contributed by atoms with Gasteiger partial charge in [-0.05, 0) is 42.3 Å². The lowest BCUT2D eigenvalue weighted by molar-refractivity contribution is -0.161. The molecule has 0 spiro atoms. The van der Waals surface area contributed by atoms with Crippen LogP contribution in [-0.2, 0) is 31.6 Å². The smallest absolute Gasteiger partial charge is 0.358 e. The molecule has 9 nitrogen and oxygen atoms in total. The Morgan fingerprint density at radius 3 is 2.62 bits per heavy atom. The van der Waals surface area contributed by atoms with Crippen molar-refractivity contribution in [1.82, 2.24) is 24.8 Å². The Kier molecular flexibility index (Phi) is 10.7. The number of nitrogens with zero attached hydrogens (tertiary/aromatic N) is 4. The van der Waals surface area contributed by atoms with Gasteiger partial charge in [0.25, 0.3) is 0 Å². The number of nitrogens with one attached hydrogen (secondary N) is 1. The molecule has 13 heteroatoms. The quantitative estimate of drug-likeness (QED) is 0.183. The number of hydrogen-bond acceptors (Lipinski definition) is 9. The topological polar surface area (TPSA) is 96.9 Å². The molecule has 2 unspecified atom stereocenters. The average Bonchev–Trinajstić information content (AvgIpc) is 3.55. The standard InChI is InChI=1S/C27H39BN5O4PSSi/c1-6-40(7-2,8-3)37-19(5)23-24-18(4)22(25(33(24)26(23)34)27(35)36-38-31-28)15-32(14-21-16-39-17-30-21)13-20-10-9-11-29-12-20/h9-12,16-19,23-24,31,38H,6-8,13-15H2,1-5H3/t18-,19+,23+,24?/m0/s1. The SMILES string of the molecule is [B]NPOC(=O)C1=C(CN(Cc2cccnc2)Cc2cscn2)[C@H](C)C2[C@@H]([C@@H](C)O[Si](CC)(CC)CC)C(=O)N12. The van der Waals surface area contributed by atoms with Crippen LogP contribution in [0.4, 0.5) is 0 Å². The number of hydrogen-bond donors (Lipinski definition) is 1. The summed E-state index contributed by atoms with van der Waals surface area (Å²) in [5.41, 5.74) is 5.07. The maximum absolute atomic E-state index is 13.7. The van der Waals surface area contributed by atoms with Crippen LogP contribution in [0.2, 0.25) is 18.1 Å². The second-order valence-corrected chi connectivity index (χ2v) is 16.7. The minimum Gasteiger partial charge on any atom is -0.428 e. The summed E-state index contributed by atoms with van der Waals surface area (Å²) in [6, 6.07) is 6.86. The second kappa shape index (κ2) is 13.8. The van der Waals surface area contributed by atoms with Gasteiger partial charge in [0, 0.05) is 43.3 Å². The van der Waals surface area contributed by atoms with Crippen molar-refractivity contribution in [2.45, 2.75) is 78.0 Å². The highest BCUT2D eigenvalue weighted by molar-refractivity contribution is 7.32. The first-order chi connectivity index (χ1) is 19.3. The Bertz CT molecular complexity index is 1180. The van der Waals surface area contributed by atoms with Crippen LogP contribution < -0.4 is 5.00 Å². The Morgan fingerprint density at radius 1 is 1.27 bits per heavy atom. The van der Waals surface area contributed by atoms with Crippen LogP contribution in [-0.4, -0.2) is 66.6 Å². The number of thiazole rings is 1. The van der Waals surface area contributed by atoms with Crippen molar-refractivity contribution in [2.24, 2.45) is 11.8 Å². The molecule has 4 heterocycles. The molecule has 4 rings (SSSR count). The van der Waals surface area contributed by atoms with Gasteiger partial charge in [0.2, 0.25) is 5.91 Å². The Hall–Kier alpha value is -1.95. The predicted molar refractivity (Wildman–Crippen MR) is 162 cm³/mol. The fraction of sp³-hybridized carbons (Fsp3) is 0.556. The summed E-state index contributed by atoms with van der Waals surface area (Å²) in [6.45, 7) is 12.4. The molecule has 214 valence electrons. The summed E-state index contributed by atoms with van der Waals surface area (Å²) in [6.07, 6.45) is 3.39. The first-order valence-electron chi connectivity index (χ1n) is 13.9. The van der Waals surface area contributed by atoms with E-state index in [2.05, 4.69) is 47.6 Å². The van der Waals surface area contributed by atoms with Gasteiger partial charge in [0.05, 0.1) is 29.3 Å². The van der Waals surface area contributed by atoms with E-state index in [1.54, 1.807) is 22.4 Å². The number of fused-ring (bicyclic) bond motifs is 1. The van der Waals surface area contributed by atoms with E-state index < -0.39 is 23.2 Å². The third-order valence-corrected chi connectivity index (χ3v) is 14.2. The van der Waals surface area contributed by atoms with E-state index in [0.29, 0.717) is 25.3 Å². The van der Waals surface area contributed by atoms with Gasteiger partial charge in [-0.1, -0.05) is 33.8 Å². The number of pyridine rings is 1. The van der Waals surface area contributed by atoms with Gasteiger partial charge in [0.15, 0.2) is 16.3 Å². The molecule has 2 aliphatic rings. The number of aromatic nitrogens is 2. The van der Waals surface area contributed by atoms with Crippen molar-refractivity contribution >= 4 is 48.5 Å². The van der Waals surface area contributed by atoms with Gasteiger partial charge in [-0.3, -0.25) is 14.7 Å². The van der Waals surface area contributed by atoms with Crippen LogP contribution in [0.3, 0.4) is 0 Å². The highest BCUT2D eigenvalue weighted by atomic mass is 32.1. The normalized spacial score (nSPS) is 21.8. The van der Waals surface area contributed by atoms with Crippen LogP contribution >= 0.6 is 20.3 Å². The van der Waals surface area contributed by atoms with Crippen LogP contribution in [0, 0.1) is 11.8 Å². The van der Waals surface area contributed by atoms with E-state index in [9.17, 15) is 9.59 Å². The lowest BCUT2D eigenvalue weighted by atomic mass is 9.77. The molecule has 5 atom stereocenters. The zero-order valence-electron chi connectivity index (χ0n) is 23.9. The fourth-order valence-corrected chi connectivity index (χ4v) is 9.86. The van der Waals surface area contributed by atoms with Crippen molar-refractivity contribution in [3.05, 3.63) is 57.9 Å². The number of amides is 1. The minimum atomic E-state index is -1.92. The maximum Gasteiger partial charge on any atom is 0.358 e. The summed E-state index contributed by atoms with van der Waals surface area (Å²) in [5, 5.41) is 2.03. The van der Waals surface area contributed by atoms with Crippen LogP contribution in [0.5, 0.6) is 0 Å². The Morgan fingerprint density at radius 2 is 2.02 bits per heavy atom. The van der Waals surface area contributed by atoms with Gasteiger partial charge >= 0.3 is 5.97 Å². The molecule has 1 amide bonds. The molecule has 1 saturated heterocycles. The molecule has 0 saturated carbocycles. The van der Waals surface area contributed by atoms with E-state index in [4.69, 9.17) is 16.9 Å². The highest BCUT2D eigenvalue weighted by Crippen LogP contribution is 2.49. The van der Waals surface area contributed by atoms with Crippen LogP contribution in [0.25, 0.3) is 0 Å². The zero-order valence-corrected chi connectivity index (χ0v) is 26.7. The first kappa shape index (κ1) is 31.0. The van der Waals surface area contributed by atoms with Gasteiger partial charge < -0.3 is 18.8 Å². The molecule has 2 aromatic rings. The lowest BCUT2D eigenvalue weighted by Gasteiger charge is -2.49. The molecule has 0 bridgehead atoms. The highest BCUT2D eigenvalue weighted by Gasteiger charge is 2.61. The molecule has 0 aromatic carbocycles. The third-order valence-electron chi connectivity index (χ3n) is 8.46. The largest absolute Gasteiger partial charge is 0.428 e. The van der Waals surface area contributed by atoms with E-state index >= 15 is 0 Å².